The van der Waals surface area contributed by atoms with Crippen LogP contribution in [0.2, 0.25) is 0 Å². The van der Waals surface area contributed by atoms with Crippen molar-refractivity contribution in [3.8, 4) is 11.8 Å². The molecule has 2 heterocycles. The van der Waals surface area contributed by atoms with Gasteiger partial charge in [0.1, 0.15) is 23.6 Å². The lowest BCUT2D eigenvalue weighted by Gasteiger charge is -2.25. The van der Waals surface area contributed by atoms with Gasteiger partial charge in [0.05, 0.1) is 23.2 Å². The summed E-state index contributed by atoms with van der Waals surface area (Å²) in [7, 11) is 0. The number of aromatic nitrogens is 3. The molecule has 0 radical (unpaired) electrons. The quantitative estimate of drug-likeness (QED) is 0.537. The summed E-state index contributed by atoms with van der Waals surface area (Å²) in [6, 6.07) is 9.29. The van der Waals surface area contributed by atoms with Gasteiger partial charge in [0, 0.05) is 29.8 Å². The van der Waals surface area contributed by atoms with Gasteiger partial charge in [-0.2, -0.15) is 5.26 Å². The number of aryl methyl sites for hydroxylation is 1. The molecule has 1 aromatic carbocycles. The number of hydrogen-bond donors (Lipinski definition) is 2. The Morgan fingerprint density at radius 2 is 2.11 bits per heavy atom. The first-order valence-corrected chi connectivity index (χ1v) is 8.96. The smallest absolute Gasteiger partial charge is 0.141 e. The largest absolute Gasteiger partial charge is 0.484 e. The van der Waals surface area contributed by atoms with Crippen LogP contribution in [0.4, 0.5) is 5.69 Å². The highest BCUT2D eigenvalue weighted by atomic mass is 16.5. The molecule has 138 valence electrons. The number of benzene rings is 1. The average Bonchev–Trinajstić information content (AvgIpc) is 2.75. The molecule has 28 heavy (non-hydrogen) atoms. The zero-order valence-corrected chi connectivity index (χ0v) is 15.1. The second-order valence-corrected chi connectivity index (χ2v) is 6.59. The Hall–Kier alpha value is -3.79. The number of anilines is 1. The zero-order valence-electron chi connectivity index (χ0n) is 15.1. The fourth-order valence-electron chi connectivity index (χ4n) is 3.36. The van der Waals surface area contributed by atoms with E-state index in [2.05, 4.69) is 21.0 Å². The summed E-state index contributed by atoms with van der Waals surface area (Å²) in [4.78, 5) is 12.6. The van der Waals surface area contributed by atoms with E-state index < -0.39 is 0 Å². The molecule has 1 unspecified atom stereocenters. The molecule has 7 nitrogen and oxygen atoms in total. The van der Waals surface area contributed by atoms with Gasteiger partial charge in [-0.15, -0.1) is 0 Å². The van der Waals surface area contributed by atoms with Crippen LogP contribution in [0.25, 0.3) is 0 Å². The number of nitrogen functional groups attached to an aromatic ring is 1. The monoisotopic (exact) mass is 370 g/mol. The van der Waals surface area contributed by atoms with Crippen molar-refractivity contribution in [2.24, 2.45) is 0 Å². The summed E-state index contributed by atoms with van der Waals surface area (Å²) in [6.07, 6.45) is 8.72. The van der Waals surface area contributed by atoms with Crippen LogP contribution >= 0.6 is 0 Å². The molecule has 0 saturated heterocycles. The summed E-state index contributed by atoms with van der Waals surface area (Å²) in [6.45, 7) is 0. The summed E-state index contributed by atoms with van der Waals surface area (Å²) in [5.41, 5.74) is 10.2. The predicted molar refractivity (Wildman–Crippen MR) is 104 cm³/mol. The van der Waals surface area contributed by atoms with Crippen molar-refractivity contribution >= 4 is 11.4 Å². The van der Waals surface area contributed by atoms with E-state index in [1.165, 1.54) is 6.20 Å². The molecule has 0 fully saturated rings. The number of rotatable bonds is 4. The number of nitrogens with zero attached hydrogens (tertiary/aromatic N) is 4. The van der Waals surface area contributed by atoms with Gasteiger partial charge in [-0.25, -0.2) is 0 Å². The third-order valence-electron chi connectivity index (χ3n) is 4.74. The summed E-state index contributed by atoms with van der Waals surface area (Å²) in [5, 5.41) is 17.5. The molecule has 2 aromatic heterocycles. The maximum atomic E-state index is 9.08. The van der Waals surface area contributed by atoms with Crippen LogP contribution in [0, 0.1) is 16.7 Å². The van der Waals surface area contributed by atoms with Crippen LogP contribution in [0.1, 0.15) is 47.0 Å². The number of pyridine rings is 1. The van der Waals surface area contributed by atoms with Crippen LogP contribution < -0.4 is 10.5 Å². The molecule has 4 rings (SSSR count). The summed E-state index contributed by atoms with van der Waals surface area (Å²) in [5.74, 6) is 0.613. The van der Waals surface area contributed by atoms with Gasteiger partial charge < -0.3 is 10.5 Å². The van der Waals surface area contributed by atoms with Crippen molar-refractivity contribution < 1.29 is 4.74 Å². The fourth-order valence-corrected chi connectivity index (χ4v) is 3.36. The van der Waals surface area contributed by atoms with Crippen molar-refractivity contribution in [2.75, 3.05) is 5.73 Å². The van der Waals surface area contributed by atoms with Gasteiger partial charge in [-0.05, 0) is 49.1 Å². The highest BCUT2D eigenvalue weighted by Crippen LogP contribution is 2.33. The van der Waals surface area contributed by atoms with Crippen molar-refractivity contribution in [1.29, 1.82) is 10.7 Å². The number of nitriles is 1. The fraction of sp³-hybridized carbons (Fsp3) is 0.190. The van der Waals surface area contributed by atoms with Crippen LogP contribution in [-0.4, -0.2) is 20.7 Å². The number of ether oxygens (including phenoxy) is 1. The topological polar surface area (TPSA) is 122 Å². The number of nitrogens with two attached hydrogens (primary N) is 1. The Kier molecular flexibility index (Phi) is 4.68. The predicted octanol–water partition coefficient (Wildman–Crippen LogP) is 3.20. The van der Waals surface area contributed by atoms with E-state index in [-0.39, 0.29) is 11.8 Å². The molecule has 0 amide bonds. The van der Waals surface area contributed by atoms with E-state index in [4.69, 9.17) is 21.1 Å². The molecule has 3 N–H and O–H groups in total. The third kappa shape index (κ3) is 3.40. The highest BCUT2D eigenvalue weighted by Gasteiger charge is 2.24. The van der Waals surface area contributed by atoms with Crippen LogP contribution in [0.15, 0.2) is 49.1 Å². The van der Waals surface area contributed by atoms with Gasteiger partial charge in [0.2, 0.25) is 0 Å². The maximum Gasteiger partial charge on any atom is 0.141 e. The molecule has 1 aliphatic carbocycles. The SMILES string of the molecule is N#Cc1cnc2c(c1)CCCC2Oc1ccc(N)c(C(=N)c2cnccn2)c1. The van der Waals surface area contributed by atoms with Gasteiger partial charge in [0.15, 0.2) is 0 Å². The minimum absolute atomic E-state index is 0.192. The number of nitrogens with one attached hydrogen (secondary N) is 1. The molecular formula is C21H18N6O. The van der Waals surface area contributed by atoms with Crippen LogP contribution in [0.3, 0.4) is 0 Å². The minimum Gasteiger partial charge on any atom is -0.484 e. The Balaban J connectivity index is 1.62. The first kappa shape index (κ1) is 17.6. The second kappa shape index (κ2) is 7.45. The number of fused-ring (bicyclic) bond motifs is 1. The zero-order chi connectivity index (χ0) is 19.5. The average molecular weight is 370 g/mol. The Morgan fingerprint density at radius 3 is 2.89 bits per heavy atom. The molecule has 0 saturated carbocycles. The first-order chi connectivity index (χ1) is 13.7. The molecule has 0 bridgehead atoms. The molecule has 3 aromatic rings. The normalized spacial score (nSPS) is 15.3. The molecule has 1 aliphatic rings. The van der Waals surface area contributed by atoms with E-state index >= 15 is 0 Å². The van der Waals surface area contributed by atoms with E-state index in [0.29, 0.717) is 28.3 Å². The molecule has 0 aliphatic heterocycles. The van der Waals surface area contributed by atoms with E-state index in [1.54, 1.807) is 36.8 Å². The van der Waals surface area contributed by atoms with Gasteiger partial charge in [-0.1, -0.05) is 0 Å². The van der Waals surface area contributed by atoms with Crippen molar-refractivity contribution in [2.45, 2.75) is 25.4 Å². The molecule has 7 heteroatoms. The molecule has 0 spiro atoms. The van der Waals surface area contributed by atoms with Crippen LogP contribution in [0.5, 0.6) is 5.75 Å². The Morgan fingerprint density at radius 1 is 1.21 bits per heavy atom. The first-order valence-electron chi connectivity index (χ1n) is 8.96. The number of hydrogen-bond acceptors (Lipinski definition) is 7. The maximum absolute atomic E-state index is 9.08. The summed E-state index contributed by atoms with van der Waals surface area (Å²) >= 11 is 0. The van der Waals surface area contributed by atoms with E-state index in [1.807, 2.05) is 6.07 Å². The van der Waals surface area contributed by atoms with Crippen molar-refractivity contribution in [1.82, 2.24) is 15.0 Å². The Bertz CT molecular complexity index is 1070. The van der Waals surface area contributed by atoms with E-state index in [9.17, 15) is 0 Å². The van der Waals surface area contributed by atoms with Crippen molar-refractivity contribution in [3.05, 3.63) is 77.1 Å². The van der Waals surface area contributed by atoms with Crippen LogP contribution in [-0.2, 0) is 6.42 Å². The highest BCUT2D eigenvalue weighted by molar-refractivity contribution is 6.12. The minimum atomic E-state index is -0.196. The third-order valence-corrected chi connectivity index (χ3v) is 4.74. The molecule has 1 atom stereocenters. The lowest BCUT2D eigenvalue weighted by atomic mass is 9.92. The standard InChI is InChI=1S/C21H18N6O/c22-10-13-8-14-2-1-3-19(21(14)27-11-13)28-15-4-5-17(23)16(9-15)20(24)18-12-25-6-7-26-18/h4-9,11-12,19,24H,1-3,23H2. The Labute approximate surface area is 162 Å². The second-order valence-electron chi connectivity index (χ2n) is 6.59. The molecular weight excluding hydrogens is 352 g/mol. The van der Waals surface area contributed by atoms with Gasteiger partial charge in [0.25, 0.3) is 0 Å². The van der Waals surface area contributed by atoms with Gasteiger partial charge >= 0.3 is 0 Å². The van der Waals surface area contributed by atoms with E-state index in [0.717, 1.165) is 30.5 Å². The lowest BCUT2D eigenvalue weighted by molar-refractivity contribution is 0.178. The summed E-state index contributed by atoms with van der Waals surface area (Å²) < 4.78 is 6.20. The lowest BCUT2D eigenvalue weighted by Crippen LogP contribution is -2.17. The van der Waals surface area contributed by atoms with Gasteiger partial charge in [-0.3, -0.25) is 20.4 Å². The van der Waals surface area contributed by atoms with Crippen molar-refractivity contribution in [3.63, 3.8) is 0 Å².